The monoisotopic (exact) mass is 201 g/mol. The zero-order valence-electron chi connectivity index (χ0n) is 9.21. The molecule has 1 aliphatic rings. The van der Waals surface area contributed by atoms with E-state index in [1.54, 1.807) is 0 Å². The van der Waals surface area contributed by atoms with Crippen molar-refractivity contribution in [2.24, 2.45) is 0 Å². The number of nitrogens with one attached hydrogen (secondary N) is 3. The predicted octanol–water partition coefficient (Wildman–Crippen LogP) is 0.791. The molecule has 0 amide bonds. The molecule has 1 aliphatic heterocycles. The van der Waals surface area contributed by atoms with E-state index >= 15 is 0 Å². The Kier molecular flexibility index (Phi) is 5.54. The number of rotatable bonds is 6. The van der Waals surface area contributed by atoms with Crippen molar-refractivity contribution in [2.45, 2.75) is 19.0 Å². The van der Waals surface area contributed by atoms with Crippen molar-refractivity contribution in [1.82, 2.24) is 15.4 Å². The SMILES string of the molecule is C=CCB1NB(CC=C)NB(CC=C)N1. The highest BCUT2D eigenvalue weighted by atomic mass is 15.0. The molecule has 15 heavy (non-hydrogen) atoms. The minimum absolute atomic E-state index is 0.290. The minimum Gasteiger partial charge on any atom is -0.371 e. The average Bonchev–Trinajstić information content (AvgIpc) is 2.19. The van der Waals surface area contributed by atoms with Crippen molar-refractivity contribution < 1.29 is 0 Å². The van der Waals surface area contributed by atoms with Crippen LogP contribution >= 0.6 is 0 Å². The molecule has 0 radical (unpaired) electrons. The van der Waals surface area contributed by atoms with Gasteiger partial charge in [0.25, 0.3) is 20.9 Å². The summed E-state index contributed by atoms with van der Waals surface area (Å²) < 4.78 is 0. The van der Waals surface area contributed by atoms with E-state index in [-0.39, 0.29) is 0 Å². The van der Waals surface area contributed by atoms with Gasteiger partial charge in [0.15, 0.2) is 0 Å². The Labute approximate surface area is 93.8 Å². The van der Waals surface area contributed by atoms with E-state index in [0.29, 0.717) is 20.9 Å². The maximum Gasteiger partial charge on any atom is 0.288 e. The first-order valence-corrected chi connectivity index (χ1v) is 5.41. The molecule has 0 aliphatic carbocycles. The van der Waals surface area contributed by atoms with Crippen molar-refractivity contribution >= 4 is 20.9 Å². The van der Waals surface area contributed by atoms with Gasteiger partial charge in [0, 0.05) is 0 Å². The Bertz CT molecular complexity index is 191. The van der Waals surface area contributed by atoms with Crippen LogP contribution in [0.25, 0.3) is 0 Å². The van der Waals surface area contributed by atoms with Crippen molar-refractivity contribution in [1.29, 1.82) is 0 Å². The van der Waals surface area contributed by atoms with E-state index < -0.39 is 0 Å². The first-order chi connectivity index (χ1) is 7.30. The van der Waals surface area contributed by atoms with Gasteiger partial charge in [-0.3, -0.25) is 0 Å². The fraction of sp³-hybridized carbons (Fsp3) is 0.333. The lowest BCUT2D eigenvalue weighted by Gasteiger charge is -2.32. The third-order valence-corrected chi connectivity index (χ3v) is 2.41. The molecule has 1 rings (SSSR count). The Morgan fingerprint density at radius 2 is 0.933 bits per heavy atom. The Balaban J connectivity index is 2.50. The summed E-state index contributed by atoms with van der Waals surface area (Å²) in [5.41, 5.74) is 0. The predicted molar refractivity (Wildman–Crippen MR) is 71.7 cm³/mol. The van der Waals surface area contributed by atoms with Crippen LogP contribution < -0.4 is 15.4 Å². The minimum atomic E-state index is 0.290. The molecule has 1 fully saturated rings. The van der Waals surface area contributed by atoms with Gasteiger partial charge in [0.05, 0.1) is 0 Å². The fourth-order valence-electron chi connectivity index (χ4n) is 1.78. The Hall–Kier alpha value is -0.705. The second kappa shape index (κ2) is 6.72. The molecule has 3 nitrogen and oxygen atoms in total. The van der Waals surface area contributed by atoms with Crippen LogP contribution in [0.15, 0.2) is 38.0 Å². The first kappa shape index (κ1) is 12.4. The molecule has 0 bridgehead atoms. The smallest absolute Gasteiger partial charge is 0.288 e. The van der Waals surface area contributed by atoms with E-state index in [1.807, 2.05) is 18.2 Å². The van der Waals surface area contributed by atoms with Crippen LogP contribution in [0.2, 0.25) is 19.0 Å². The van der Waals surface area contributed by atoms with Gasteiger partial charge < -0.3 is 15.4 Å². The van der Waals surface area contributed by atoms with Crippen LogP contribution in [0.5, 0.6) is 0 Å². The molecule has 0 aromatic rings. The molecule has 78 valence electrons. The highest BCUT2D eigenvalue weighted by molar-refractivity contribution is 6.87. The largest absolute Gasteiger partial charge is 0.371 e. The van der Waals surface area contributed by atoms with Gasteiger partial charge >= 0.3 is 0 Å². The van der Waals surface area contributed by atoms with Gasteiger partial charge in [-0.15, -0.1) is 19.7 Å². The molecule has 0 spiro atoms. The zero-order valence-corrected chi connectivity index (χ0v) is 9.21. The molecule has 1 saturated heterocycles. The molecule has 0 atom stereocenters. The fourth-order valence-corrected chi connectivity index (χ4v) is 1.78. The zero-order chi connectivity index (χ0) is 11.1. The highest BCUT2D eigenvalue weighted by Crippen LogP contribution is 2.00. The van der Waals surface area contributed by atoms with Crippen LogP contribution in [-0.2, 0) is 0 Å². The normalized spacial score (nSPS) is 16.4. The number of allylic oxidation sites excluding steroid dienone is 3. The maximum absolute atomic E-state index is 3.76. The van der Waals surface area contributed by atoms with E-state index in [9.17, 15) is 0 Å². The van der Waals surface area contributed by atoms with E-state index in [4.69, 9.17) is 0 Å². The van der Waals surface area contributed by atoms with Gasteiger partial charge in [-0.05, 0) is 19.0 Å². The Morgan fingerprint density at radius 3 is 1.13 bits per heavy atom. The van der Waals surface area contributed by atoms with Crippen LogP contribution in [0.4, 0.5) is 0 Å². The van der Waals surface area contributed by atoms with Crippen LogP contribution in [0.3, 0.4) is 0 Å². The molecule has 0 saturated carbocycles. The lowest BCUT2D eigenvalue weighted by molar-refractivity contribution is 1.11. The molecule has 1 heterocycles. The molecule has 0 unspecified atom stereocenters. The second-order valence-electron chi connectivity index (χ2n) is 3.73. The van der Waals surface area contributed by atoms with Crippen molar-refractivity contribution in [3.05, 3.63) is 38.0 Å². The summed E-state index contributed by atoms with van der Waals surface area (Å²) in [7, 11) is 0. The lowest BCUT2D eigenvalue weighted by atomic mass is 9.46. The Morgan fingerprint density at radius 1 is 0.667 bits per heavy atom. The highest BCUT2D eigenvalue weighted by Gasteiger charge is 2.32. The first-order valence-electron chi connectivity index (χ1n) is 5.41. The second-order valence-corrected chi connectivity index (χ2v) is 3.73. The summed E-state index contributed by atoms with van der Waals surface area (Å²) in [4.78, 5) is 0. The third kappa shape index (κ3) is 4.12. The van der Waals surface area contributed by atoms with Crippen molar-refractivity contribution in [2.75, 3.05) is 0 Å². The van der Waals surface area contributed by atoms with Gasteiger partial charge in [-0.2, -0.15) is 0 Å². The van der Waals surface area contributed by atoms with Crippen LogP contribution in [-0.4, -0.2) is 20.9 Å². The van der Waals surface area contributed by atoms with Gasteiger partial charge in [0.2, 0.25) is 0 Å². The summed E-state index contributed by atoms with van der Waals surface area (Å²) in [6.45, 7) is 12.1. The summed E-state index contributed by atoms with van der Waals surface area (Å²) >= 11 is 0. The van der Waals surface area contributed by atoms with Crippen LogP contribution in [0, 0.1) is 0 Å². The quantitative estimate of drug-likeness (QED) is 0.439. The maximum atomic E-state index is 3.76. The average molecular weight is 201 g/mol. The molecule has 3 N–H and O–H groups in total. The van der Waals surface area contributed by atoms with Gasteiger partial charge in [0.1, 0.15) is 0 Å². The molecule has 0 aromatic heterocycles. The van der Waals surface area contributed by atoms with Gasteiger partial charge in [-0.1, -0.05) is 18.2 Å². The van der Waals surface area contributed by atoms with E-state index in [0.717, 1.165) is 19.0 Å². The lowest BCUT2D eigenvalue weighted by Crippen LogP contribution is -2.74. The summed E-state index contributed by atoms with van der Waals surface area (Å²) in [6, 6.07) is 0. The molecular formula is C9H18B3N3. The summed E-state index contributed by atoms with van der Waals surface area (Å²) in [5.74, 6) is 0. The van der Waals surface area contributed by atoms with Crippen molar-refractivity contribution in [3.63, 3.8) is 0 Å². The standard InChI is InChI=1S/C9H18B3N3/c1-4-7-10-13-11(8-5-2)15-12(14-10)9-6-3/h4-6,13-15H,1-3,7-9H2. The van der Waals surface area contributed by atoms with Gasteiger partial charge in [-0.25, -0.2) is 0 Å². The topological polar surface area (TPSA) is 36.1 Å². The summed E-state index contributed by atoms with van der Waals surface area (Å²) in [5, 5.41) is 10.3. The molecule has 6 heteroatoms. The summed E-state index contributed by atoms with van der Waals surface area (Å²) in [6.07, 6.45) is 8.53. The van der Waals surface area contributed by atoms with E-state index in [2.05, 4.69) is 35.2 Å². The molecule has 0 aromatic carbocycles. The third-order valence-electron chi connectivity index (χ3n) is 2.41. The van der Waals surface area contributed by atoms with E-state index in [1.165, 1.54) is 0 Å². The molecular weight excluding hydrogens is 183 g/mol. The van der Waals surface area contributed by atoms with Crippen LogP contribution in [0.1, 0.15) is 0 Å². The van der Waals surface area contributed by atoms with Crippen molar-refractivity contribution in [3.8, 4) is 0 Å². The number of hydrogen-bond donors (Lipinski definition) is 3. The number of hydrogen-bond acceptors (Lipinski definition) is 3.